The molecule has 28 heavy (non-hydrogen) atoms. The number of H-pyrrole nitrogens is 1. The van der Waals surface area contributed by atoms with Crippen LogP contribution in [0, 0.1) is 17.8 Å². The normalized spacial score (nSPS) is 31.1. The van der Waals surface area contributed by atoms with E-state index in [4.69, 9.17) is 0 Å². The van der Waals surface area contributed by atoms with Gasteiger partial charge in [-0.05, 0) is 66.7 Å². The van der Waals surface area contributed by atoms with Gasteiger partial charge in [0.2, 0.25) is 0 Å². The maximum absolute atomic E-state index is 13.7. The van der Waals surface area contributed by atoms with E-state index in [-0.39, 0.29) is 17.5 Å². The third-order valence-corrected chi connectivity index (χ3v) is 7.25. The molecular formula is C21H21F3N4. The quantitative estimate of drug-likeness (QED) is 0.603. The van der Waals surface area contributed by atoms with E-state index in [1.807, 2.05) is 18.3 Å². The SMILES string of the molecule is Cn1cc([C@@H]2Nc3ccc4[nH]ccc4c3[C@H]3[C@@H]4CC[C@@H](C4)[C@H]32)c(C(F)(F)F)n1. The molecule has 6 rings (SSSR count). The molecule has 2 N–H and O–H groups in total. The number of halogens is 3. The fourth-order valence-corrected chi connectivity index (χ4v) is 6.39. The van der Waals surface area contributed by atoms with Gasteiger partial charge in [0, 0.05) is 41.6 Å². The Labute approximate surface area is 160 Å². The van der Waals surface area contributed by atoms with Gasteiger partial charge in [-0.25, -0.2) is 0 Å². The lowest BCUT2D eigenvalue weighted by atomic mass is 9.67. The van der Waals surface area contributed by atoms with E-state index >= 15 is 0 Å². The van der Waals surface area contributed by atoms with Gasteiger partial charge < -0.3 is 10.3 Å². The van der Waals surface area contributed by atoms with Gasteiger partial charge in [-0.3, -0.25) is 4.68 Å². The maximum atomic E-state index is 13.7. The molecule has 0 amide bonds. The molecule has 4 nitrogen and oxygen atoms in total. The molecule has 1 aromatic carbocycles. The zero-order chi connectivity index (χ0) is 19.2. The number of alkyl halides is 3. The second kappa shape index (κ2) is 5.33. The Morgan fingerprint density at radius 1 is 1.14 bits per heavy atom. The van der Waals surface area contributed by atoms with Crippen LogP contribution in [0.4, 0.5) is 18.9 Å². The zero-order valence-corrected chi connectivity index (χ0v) is 15.4. The van der Waals surface area contributed by atoms with Crippen molar-refractivity contribution in [1.82, 2.24) is 14.8 Å². The molecule has 5 atom stereocenters. The van der Waals surface area contributed by atoms with Crippen LogP contribution in [0.3, 0.4) is 0 Å². The number of hydrogen-bond donors (Lipinski definition) is 2. The summed E-state index contributed by atoms with van der Waals surface area (Å²) in [6.45, 7) is 0. The largest absolute Gasteiger partial charge is 0.435 e. The Balaban J connectivity index is 1.56. The molecule has 3 aromatic rings. The van der Waals surface area contributed by atoms with Gasteiger partial charge >= 0.3 is 6.18 Å². The summed E-state index contributed by atoms with van der Waals surface area (Å²) in [4.78, 5) is 3.28. The van der Waals surface area contributed by atoms with E-state index in [2.05, 4.69) is 21.5 Å². The van der Waals surface area contributed by atoms with Crippen molar-refractivity contribution in [2.24, 2.45) is 24.8 Å². The average Bonchev–Trinajstić information content (AvgIpc) is 3.42. The molecule has 7 heteroatoms. The predicted octanol–water partition coefficient (Wildman–Crippen LogP) is 5.22. The number of fused-ring (bicyclic) bond motifs is 9. The Kier molecular flexibility index (Phi) is 3.14. The summed E-state index contributed by atoms with van der Waals surface area (Å²) in [6, 6.07) is 5.78. The van der Waals surface area contributed by atoms with Gasteiger partial charge in [0.05, 0.1) is 6.04 Å². The summed E-state index contributed by atoms with van der Waals surface area (Å²) in [5, 5.41) is 8.49. The minimum atomic E-state index is -4.45. The van der Waals surface area contributed by atoms with E-state index < -0.39 is 11.9 Å². The molecule has 0 radical (unpaired) electrons. The lowest BCUT2D eigenvalue weighted by Gasteiger charge is -2.43. The van der Waals surface area contributed by atoms with Crippen molar-refractivity contribution in [3.8, 4) is 0 Å². The highest BCUT2D eigenvalue weighted by molar-refractivity contribution is 5.89. The number of anilines is 1. The highest BCUT2D eigenvalue weighted by atomic mass is 19.4. The average molecular weight is 386 g/mol. The fourth-order valence-electron chi connectivity index (χ4n) is 6.39. The van der Waals surface area contributed by atoms with Crippen LogP contribution in [0.2, 0.25) is 0 Å². The Bertz CT molecular complexity index is 1080. The molecule has 0 saturated heterocycles. The maximum Gasteiger partial charge on any atom is 0.435 e. The Morgan fingerprint density at radius 3 is 2.79 bits per heavy atom. The number of aryl methyl sites for hydroxylation is 1. The molecule has 2 fully saturated rings. The minimum Gasteiger partial charge on any atom is -0.378 e. The summed E-state index contributed by atoms with van der Waals surface area (Å²) in [7, 11) is 1.57. The first-order valence-corrected chi connectivity index (χ1v) is 9.89. The number of hydrogen-bond acceptors (Lipinski definition) is 2. The van der Waals surface area contributed by atoms with E-state index in [1.54, 1.807) is 13.2 Å². The molecule has 3 heterocycles. The third kappa shape index (κ3) is 2.10. The monoisotopic (exact) mass is 386 g/mol. The van der Waals surface area contributed by atoms with Crippen molar-refractivity contribution in [3.63, 3.8) is 0 Å². The van der Waals surface area contributed by atoms with E-state index in [0.29, 0.717) is 17.8 Å². The summed E-state index contributed by atoms with van der Waals surface area (Å²) in [6.07, 6.45) is 2.47. The van der Waals surface area contributed by atoms with Gasteiger partial charge in [-0.2, -0.15) is 18.3 Å². The molecule has 1 aliphatic heterocycles. The number of aromatic amines is 1. The van der Waals surface area contributed by atoms with E-state index in [1.165, 1.54) is 22.1 Å². The van der Waals surface area contributed by atoms with E-state index in [0.717, 1.165) is 24.0 Å². The fraction of sp³-hybridized carbons (Fsp3) is 0.476. The highest BCUT2D eigenvalue weighted by Crippen LogP contribution is 2.65. The molecule has 0 unspecified atom stereocenters. The number of aromatic nitrogens is 3. The molecule has 146 valence electrons. The molecular weight excluding hydrogens is 365 g/mol. The third-order valence-electron chi connectivity index (χ3n) is 7.25. The van der Waals surface area contributed by atoms with Crippen LogP contribution in [-0.4, -0.2) is 14.8 Å². The standard InChI is InChI=1S/C21H21F3N4/c1-28-9-13(20(27-28)21(22,23)24)19-17-11-3-2-10(8-11)16(17)18-12-6-7-25-14(12)4-5-15(18)26-19/h4-7,9-11,16-17,19,25-26H,2-3,8H2,1H3/t10-,11+,16+,17-,19+/m1/s1. The lowest BCUT2D eigenvalue weighted by Crippen LogP contribution is -2.36. The van der Waals surface area contributed by atoms with Crippen molar-refractivity contribution < 1.29 is 13.2 Å². The zero-order valence-electron chi connectivity index (χ0n) is 15.4. The molecule has 2 saturated carbocycles. The second-order valence-electron chi connectivity index (χ2n) is 8.63. The lowest BCUT2D eigenvalue weighted by molar-refractivity contribution is -0.142. The van der Waals surface area contributed by atoms with Crippen LogP contribution in [0.5, 0.6) is 0 Å². The van der Waals surface area contributed by atoms with Crippen molar-refractivity contribution in [2.75, 3.05) is 5.32 Å². The predicted molar refractivity (Wildman–Crippen MR) is 99.9 cm³/mol. The first-order valence-electron chi connectivity index (χ1n) is 9.89. The Hall–Kier alpha value is -2.44. The molecule has 2 aliphatic carbocycles. The first kappa shape index (κ1) is 16.5. The number of rotatable bonds is 1. The highest BCUT2D eigenvalue weighted by Gasteiger charge is 2.55. The van der Waals surface area contributed by atoms with Gasteiger partial charge in [-0.15, -0.1) is 0 Å². The summed E-state index contributed by atoms with van der Waals surface area (Å²) in [5.41, 5.74) is 2.91. The minimum absolute atomic E-state index is 0.178. The number of nitrogens with zero attached hydrogens (tertiary/aromatic N) is 2. The second-order valence-corrected chi connectivity index (χ2v) is 8.63. The summed E-state index contributed by atoms with van der Waals surface area (Å²) in [5.74, 6) is 1.51. The van der Waals surface area contributed by atoms with Crippen LogP contribution >= 0.6 is 0 Å². The summed E-state index contributed by atoms with van der Waals surface area (Å²) < 4.78 is 42.4. The van der Waals surface area contributed by atoms with Gasteiger partial charge in [0.1, 0.15) is 0 Å². The van der Waals surface area contributed by atoms with Crippen LogP contribution in [0.15, 0.2) is 30.6 Å². The molecule has 0 spiro atoms. The van der Waals surface area contributed by atoms with Crippen molar-refractivity contribution in [3.05, 3.63) is 47.4 Å². The van der Waals surface area contributed by atoms with Crippen LogP contribution < -0.4 is 5.32 Å². The van der Waals surface area contributed by atoms with Gasteiger partial charge in [-0.1, -0.05) is 0 Å². The van der Waals surface area contributed by atoms with Crippen molar-refractivity contribution in [2.45, 2.75) is 37.4 Å². The van der Waals surface area contributed by atoms with Crippen LogP contribution in [0.25, 0.3) is 10.9 Å². The van der Waals surface area contributed by atoms with Crippen LogP contribution in [-0.2, 0) is 13.2 Å². The molecule has 3 aliphatic rings. The van der Waals surface area contributed by atoms with Crippen molar-refractivity contribution >= 4 is 16.6 Å². The Morgan fingerprint density at radius 2 is 1.96 bits per heavy atom. The van der Waals surface area contributed by atoms with Gasteiger partial charge in [0.25, 0.3) is 0 Å². The van der Waals surface area contributed by atoms with Crippen LogP contribution in [0.1, 0.15) is 48.0 Å². The molecule has 2 aromatic heterocycles. The van der Waals surface area contributed by atoms with Crippen molar-refractivity contribution in [1.29, 1.82) is 0 Å². The summed E-state index contributed by atoms with van der Waals surface area (Å²) >= 11 is 0. The number of nitrogens with one attached hydrogen (secondary N) is 2. The molecule has 2 bridgehead atoms. The topological polar surface area (TPSA) is 45.6 Å². The van der Waals surface area contributed by atoms with Gasteiger partial charge in [0.15, 0.2) is 5.69 Å². The smallest absolute Gasteiger partial charge is 0.378 e. The number of benzene rings is 1. The van der Waals surface area contributed by atoms with E-state index in [9.17, 15) is 13.2 Å². The first-order chi connectivity index (χ1) is 13.4.